The normalized spacial score (nSPS) is 29.2. The van der Waals surface area contributed by atoms with Gasteiger partial charge in [0.25, 0.3) is 0 Å². The Kier molecular flexibility index (Phi) is 1.04. The van der Waals surface area contributed by atoms with E-state index in [1.54, 1.807) is 0 Å². The molecule has 1 fully saturated rings. The lowest BCUT2D eigenvalue weighted by molar-refractivity contribution is -0.0883. The van der Waals surface area contributed by atoms with Crippen molar-refractivity contribution in [3.63, 3.8) is 0 Å². The van der Waals surface area contributed by atoms with E-state index in [0.29, 0.717) is 0 Å². The van der Waals surface area contributed by atoms with Gasteiger partial charge in [0, 0.05) is 6.20 Å². The number of hydrogen-bond acceptors (Lipinski definition) is 3. The lowest BCUT2D eigenvalue weighted by Gasteiger charge is -2.43. The molecule has 0 unspecified atom stereocenters. The van der Waals surface area contributed by atoms with Crippen LogP contribution in [0.15, 0.2) is 12.3 Å². The predicted octanol–water partition coefficient (Wildman–Crippen LogP) is 0.820. The largest absolute Gasteiger partial charge is 0.376 e. The molecule has 2 heterocycles. The summed E-state index contributed by atoms with van der Waals surface area (Å²) in [6, 6.07) is 0. The molecule has 2 rings (SSSR count). The molecule has 0 aromatic heterocycles. The molecule has 2 nitrogen and oxygen atoms in total. The summed E-state index contributed by atoms with van der Waals surface area (Å²) in [4.78, 5) is 0. The second-order valence-electron chi connectivity index (χ2n) is 2.65. The van der Waals surface area contributed by atoms with Gasteiger partial charge in [-0.05, 0) is 6.42 Å². The molecule has 0 aromatic rings. The predicted molar refractivity (Wildman–Crippen MR) is 38.1 cm³/mol. The van der Waals surface area contributed by atoms with Crippen molar-refractivity contribution in [1.29, 1.82) is 0 Å². The topological polar surface area (TPSA) is 12.5 Å². The fraction of sp³-hybridized carbons (Fsp3) is 0.667. The van der Waals surface area contributed by atoms with Gasteiger partial charge < -0.3 is 9.04 Å². The molecule has 0 N–H and O–H groups in total. The Morgan fingerprint density at radius 2 is 2.33 bits per heavy atom. The van der Waals surface area contributed by atoms with Gasteiger partial charge in [-0.1, -0.05) is 18.9 Å². The Labute approximate surface area is 60.0 Å². The summed E-state index contributed by atoms with van der Waals surface area (Å²) >= 11 is 4.27. The minimum absolute atomic E-state index is 0.239. The fourth-order valence-electron chi connectivity index (χ4n) is 1.21. The van der Waals surface area contributed by atoms with Gasteiger partial charge in [-0.3, -0.25) is 0 Å². The van der Waals surface area contributed by atoms with Crippen LogP contribution in [0.4, 0.5) is 0 Å². The number of thiol groups is 1. The van der Waals surface area contributed by atoms with Gasteiger partial charge in [0.2, 0.25) is 0 Å². The SMILES string of the molecule is SN1C=CCC12COC2. The zero-order chi connectivity index (χ0) is 6.32. The highest BCUT2D eigenvalue weighted by atomic mass is 32.1. The van der Waals surface area contributed by atoms with Gasteiger partial charge in [0.15, 0.2) is 0 Å². The molecule has 1 spiro atoms. The second kappa shape index (κ2) is 1.67. The summed E-state index contributed by atoms with van der Waals surface area (Å²) in [5, 5.41) is 0. The standard InChI is InChI=1S/C6H9NOS/c9-7-3-1-2-6(7)4-8-5-6/h1,3,9H,2,4-5H2. The quantitative estimate of drug-likeness (QED) is 0.504. The molecule has 0 aliphatic carbocycles. The number of ether oxygens (including phenoxy) is 1. The van der Waals surface area contributed by atoms with Crippen LogP contribution < -0.4 is 0 Å². The lowest BCUT2D eigenvalue weighted by atomic mass is 9.96. The number of rotatable bonds is 0. The van der Waals surface area contributed by atoms with Crippen LogP contribution in [0, 0.1) is 0 Å². The molecule has 0 bridgehead atoms. The van der Waals surface area contributed by atoms with Crippen molar-refractivity contribution >= 4 is 12.8 Å². The first kappa shape index (κ1) is 5.62. The molecule has 3 heteroatoms. The summed E-state index contributed by atoms with van der Waals surface area (Å²) in [6.07, 6.45) is 5.23. The average molecular weight is 143 g/mol. The Bertz CT molecular complexity index is 153. The summed E-state index contributed by atoms with van der Waals surface area (Å²) in [6.45, 7) is 1.67. The van der Waals surface area contributed by atoms with Gasteiger partial charge in [0.05, 0.1) is 13.2 Å². The highest BCUT2D eigenvalue weighted by Gasteiger charge is 2.43. The minimum atomic E-state index is 0.239. The molecular formula is C6H9NOS. The number of nitrogens with zero attached hydrogens (tertiary/aromatic N) is 1. The summed E-state index contributed by atoms with van der Waals surface area (Å²) in [5.41, 5.74) is 0.239. The van der Waals surface area contributed by atoms with Crippen molar-refractivity contribution in [2.45, 2.75) is 12.0 Å². The Morgan fingerprint density at radius 3 is 2.56 bits per heavy atom. The molecule has 0 amide bonds. The molecule has 9 heavy (non-hydrogen) atoms. The Morgan fingerprint density at radius 1 is 1.56 bits per heavy atom. The molecule has 2 aliphatic heterocycles. The lowest BCUT2D eigenvalue weighted by Crippen LogP contribution is -2.54. The van der Waals surface area contributed by atoms with Crippen molar-refractivity contribution in [3.8, 4) is 0 Å². The highest BCUT2D eigenvalue weighted by Crippen LogP contribution is 2.34. The van der Waals surface area contributed by atoms with Gasteiger partial charge >= 0.3 is 0 Å². The van der Waals surface area contributed by atoms with E-state index in [1.165, 1.54) is 0 Å². The molecule has 1 saturated heterocycles. The average Bonchev–Trinajstić information content (AvgIpc) is 2.07. The van der Waals surface area contributed by atoms with Crippen LogP contribution in [0.3, 0.4) is 0 Å². The van der Waals surface area contributed by atoms with Crippen molar-refractivity contribution in [2.75, 3.05) is 13.2 Å². The van der Waals surface area contributed by atoms with E-state index in [-0.39, 0.29) is 5.54 Å². The molecule has 0 aromatic carbocycles. The van der Waals surface area contributed by atoms with Crippen LogP contribution >= 0.6 is 12.8 Å². The first-order valence-electron chi connectivity index (χ1n) is 3.06. The molecule has 50 valence electrons. The fourth-order valence-corrected chi connectivity index (χ4v) is 1.50. The minimum Gasteiger partial charge on any atom is -0.376 e. The second-order valence-corrected chi connectivity index (χ2v) is 3.08. The third kappa shape index (κ3) is 0.618. The van der Waals surface area contributed by atoms with E-state index in [2.05, 4.69) is 18.9 Å². The van der Waals surface area contributed by atoms with Crippen molar-refractivity contribution < 1.29 is 4.74 Å². The monoisotopic (exact) mass is 143 g/mol. The molecule has 2 aliphatic rings. The van der Waals surface area contributed by atoms with E-state index in [1.807, 2.05) is 10.5 Å². The van der Waals surface area contributed by atoms with E-state index in [0.717, 1.165) is 19.6 Å². The maximum Gasteiger partial charge on any atom is 0.101 e. The van der Waals surface area contributed by atoms with Crippen LogP contribution in [-0.2, 0) is 4.74 Å². The van der Waals surface area contributed by atoms with Crippen LogP contribution in [0.25, 0.3) is 0 Å². The molecule has 0 saturated carbocycles. The maximum atomic E-state index is 5.10. The van der Waals surface area contributed by atoms with Gasteiger partial charge in [-0.15, -0.1) is 0 Å². The van der Waals surface area contributed by atoms with Gasteiger partial charge in [0.1, 0.15) is 5.54 Å². The van der Waals surface area contributed by atoms with Crippen LogP contribution in [0.2, 0.25) is 0 Å². The van der Waals surface area contributed by atoms with Crippen molar-refractivity contribution in [3.05, 3.63) is 12.3 Å². The molecular weight excluding hydrogens is 134 g/mol. The zero-order valence-electron chi connectivity index (χ0n) is 5.08. The van der Waals surface area contributed by atoms with Gasteiger partial charge in [-0.25, -0.2) is 0 Å². The first-order valence-corrected chi connectivity index (χ1v) is 3.46. The van der Waals surface area contributed by atoms with Gasteiger partial charge in [-0.2, -0.15) is 0 Å². The zero-order valence-corrected chi connectivity index (χ0v) is 5.97. The molecule has 0 atom stereocenters. The van der Waals surface area contributed by atoms with Crippen molar-refractivity contribution in [2.24, 2.45) is 0 Å². The van der Waals surface area contributed by atoms with E-state index >= 15 is 0 Å². The summed E-state index contributed by atoms with van der Waals surface area (Å²) in [5.74, 6) is 0. The summed E-state index contributed by atoms with van der Waals surface area (Å²) < 4.78 is 7.05. The third-order valence-electron chi connectivity index (χ3n) is 1.97. The summed E-state index contributed by atoms with van der Waals surface area (Å²) in [7, 11) is 0. The van der Waals surface area contributed by atoms with Crippen molar-refractivity contribution in [1.82, 2.24) is 4.31 Å². The van der Waals surface area contributed by atoms with Crippen LogP contribution in [0.1, 0.15) is 6.42 Å². The maximum absolute atomic E-state index is 5.10. The smallest absolute Gasteiger partial charge is 0.101 e. The Hall–Kier alpha value is -0.150. The highest BCUT2D eigenvalue weighted by molar-refractivity contribution is 7.77. The Balaban J connectivity index is 2.13. The van der Waals surface area contributed by atoms with E-state index in [9.17, 15) is 0 Å². The van der Waals surface area contributed by atoms with Crippen LogP contribution in [0.5, 0.6) is 0 Å². The van der Waals surface area contributed by atoms with Crippen LogP contribution in [-0.4, -0.2) is 23.1 Å². The first-order chi connectivity index (χ1) is 4.33. The van der Waals surface area contributed by atoms with E-state index < -0.39 is 0 Å². The van der Waals surface area contributed by atoms with E-state index in [4.69, 9.17) is 4.74 Å². The third-order valence-corrected chi connectivity index (χ3v) is 2.53. The molecule has 0 radical (unpaired) electrons. The number of hydrogen-bond donors (Lipinski definition) is 1.